The number of pyridine rings is 2. The molecule has 30 heavy (non-hydrogen) atoms. The summed E-state index contributed by atoms with van der Waals surface area (Å²) in [4.78, 5) is 13.9. The fourth-order valence-corrected chi connectivity index (χ4v) is 4.20. The van der Waals surface area contributed by atoms with Crippen molar-refractivity contribution in [3.05, 3.63) is 42.7 Å². The molecule has 0 radical (unpaired) electrons. The van der Waals surface area contributed by atoms with Crippen molar-refractivity contribution < 1.29 is 4.74 Å². The molecule has 0 aromatic carbocycles. The number of rotatable bonds is 5. The fraction of sp³-hybridized carbons (Fsp3) is 0.364. The van der Waals surface area contributed by atoms with Gasteiger partial charge in [0.15, 0.2) is 5.82 Å². The number of methoxy groups -OCH3 is 1. The van der Waals surface area contributed by atoms with E-state index in [4.69, 9.17) is 19.8 Å². The van der Waals surface area contributed by atoms with Crippen LogP contribution in [0.15, 0.2) is 42.7 Å². The van der Waals surface area contributed by atoms with Crippen LogP contribution >= 0.6 is 0 Å². The summed E-state index contributed by atoms with van der Waals surface area (Å²) in [5.74, 6) is 1.40. The van der Waals surface area contributed by atoms with Gasteiger partial charge >= 0.3 is 0 Å². The van der Waals surface area contributed by atoms with Gasteiger partial charge in [-0.15, -0.1) is 5.10 Å². The predicted octanol–water partition coefficient (Wildman–Crippen LogP) is 3.75. The topological polar surface area (TPSA) is 89.3 Å². The average molecular weight is 403 g/mol. The molecular weight excluding hydrogens is 378 g/mol. The highest BCUT2D eigenvalue weighted by Crippen LogP contribution is 2.30. The van der Waals surface area contributed by atoms with Crippen LogP contribution in [-0.2, 0) is 4.74 Å². The first-order valence-electron chi connectivity index (χ1n) is 10.3. The largest absolute Gasteiger partial charge is 0.381 e. The number of fused-ring (bicyclic) bond motifs is 2. The minimum Gasteiger partial charge on any atom is -0.381 e. The fourth-order valence-electron chi connectivity index (χ4n) is 4.20. The zero-order valence-corrected chi connectivity index (χ0v) is 17.2. The zero-order chi connectivity index (χ0) is 20.5. The lowest BCUT2D eigenvalue weighted by Crippen LogP contribution is -2.30. The number of nitrogens with one attached hydrogen (secondary N) is 2. The monoisotopic (exact) mass is 403 g/mol. The first-order valence-corrected chi connectivity index (χ1v) is 10.3. The first-order chi connectivity index (χ1) is 14.7. The van der Waals surface area contributed by atoms with E-state index in [1.807, 2.05) is 48.1 Å². The van der Waals surface area contributed by atoms with E-state index in [9.17, 15) is 0 Å². The third-order valence-corrected chi connectivity index (χ3v) is 5.82. The molecule has 2 N–H and O–H groups in total. The van der Waals surface area contributed by atoms with Crippen LogP contribution in [0.25, 0.3) is 27.8 Å². The Morgan fingerprint density at radius 1 is 1.03 bits per heavy atom. The molecule has 1 aliphatic rings. The molecule has 1 fully saturated rings. The van der Waals surface area contributed by atoms with E-state index in [1.165, 1.54) is 0 Å². The van der Waals surface area contributed by atoms with Gasteiger partial charge in [-0.1, -0.05) is 0 Å². The van der Waals surface area contributed by atoms with Crippen molar-refractivity contribution in [2.24, 2.45) is 0 Å². The summed E-state index contributed by atoms with van der Waals surface area (Å²) in [6.07, 6.45) is 8.34. The number of anilines is 2. The summed E-state index contributed by atoms with van der Waals surface area (Å²) in [7, 11) is 3.67. The Hall–Kier alpha value is -3.26. The summed E-state index contributed by atoms with van der Waals surface area (Å²) in [6, 6.07) is 10.3. The Morgan fingerprint density at radius 2 is 1.90 bits per heavy atom. The molecule has 0 amide bonds. The molecule has 0 bridgehead atoms. The Bertz CT molecular complexity index is 1180. The number of hydrogen-bond donors (Lipinski definition) is 2. The standard InChI is InChI=1S/C22H25N7O/c1-23-21-20-16(17-9-10-18-19(26-17)4-3-12-24-18)11-13-29(20)28-22(27-21)25-14-5-7-15(30-2)8-6-14/h3-4,9-15H,5-8H2,1-2H3,(H2,23,25,27,28). The van der Waals surface area contributed by atoms with E-state index >= 15 is 0 Å². The van der Waals surface area contributed by atoms with E-state index in [1.54, 1.807) is 13.3 Å². The van der Waals surface area contributed by atoms with Crippen molar-refractivity contribution in [1.82, 2.24) is 24.6 Å². The Kier molecular flexibility index (Phi) is 4.92. The van der Waals surface area contributed by atoms with Crippen molar-refractivity contribution in [2.75, 3.05) is 24.8 Å². The van der Waals surface area contributed by atoms with Crippen LogP contribution in [0, 0.1) is 0 Å². The molecule has 1 aliphatic carbocycles. The minimum atomic E-state index is 0.364. The maximum absolute atomic E-state index is 5.47. The van der Waals surface area contributed by atoms with E-state index < -0.39 is 0 Å². The smallest absolute Gasteiger partial charge is 0.243 e. The van der Waals surface area contributed by atoms with E-state index in [0.717, 1.165) is 59.3 Å². The summed E-state index contributed by atoms with van der Waals surface area (Å²) in [5, 5.41) is 11.4. The van der Waals surface area contributed by atoms with Crippen LogP contribution in [0.4, 0.5) is 11.8 Å². The highest BCUT2D eigenvalue weighted by Gasteiger charge is 2.22. The summed E-state index contributed by atoms with van der Waals surface area (Å²) >= 11 is 0. The maximum atomic E-state index is 5.47. The van der Waals surface area contributed by atoms with Gasteiger partial charge in [-0.25, -0.2) is 9.50 Å². The van der Waals surface area contributed by atoms with Gasteiger partial charge in [0.05, 0.1) is 22.8 Å². The first kappa shape index (κ1) is 18.7. The second-order valence-corrected chi connectivity index (χ2v) is 7.65. The highest BCUT2D eigenvalue weighted by molar-refractivity contribution is 5.89. The van der Waals surface area contributed by atoms with Gasteiger partial charge in [-0.2, -0.15) is 4.98 Å². The highest BCUT2D eigenvalue weighted by atomic mass is 16.5. The van der Waals surface area contributed by atoms with Gasteiger partial charge in [-0.3, -0.25) is 4.98 Å². The molecule has 5 rings (SSSR count). The molecule has 0 atom stereocenters. The van der Waals surface area contributed by atoms with Crippen LogP contribution < -0.4 is 10.6 Å². The van der Waals surface area contributed by atoms with Crippen molar-refractivity contribution in [3.8, 4) is 11.3 Å². The predicted molar refractivity (Wildman–Crippen MR) is 118 cm³/mol. The third kappa shape index (κ3) is 3.43. The Morgan fingerprint density at radius 3 is 2.70 bits per heavy atom. The van der Waals surface area contributed by atoms with Crippen LogP contribution in [-0.4, -0.2) is 50.9 Å². The van der Waals surface area contributed by atoms with Gasteiger partial charge in [0.1, 0.15) is 5.52 Å². The van der Waals surface area contributed by atoms with E-state index in [0.29, 0.717) is 18.1 Å². The number of ether oxygens (including phenoxy) is 1. The molecule has 1 saturated carbocycles. The molecule has 4 aromatic heterocycles. The molecule has 0 aliphatic heterocycles. The number of hydrogen-bond acceptors (Lipinski definition) is 7. The molecule has 154 valence electrons. The molecule has 0 saturated heterocycles. The van der Waals surface area contributed by atoms with Crippen LogP contribution in [0.1, 0.15) is 25.7 Å². The second kappa shape index (κ2) is 7.87. The van der Waals surface area contributed by atoms with Crippen LogP contribution in [0.2, 0.25) is 0 Å². The van der Waals surface area contributed by atoms with Crippen molar-refractivity contribution >= 4 is 28.3 Å². The molecule has 4 aromatic rings. The molecule has 8 nitrogen and oxygen atoms in total. The molecule has 8 heteroatoms. The van der Waals surface area contributed by atoms with Crippen molar-refractivity contribution in [2.45, 2.75) is 37.8 Å². The molecule has 4 heterocycles. The SMILES string of the molecule is CNc1nc(NC2CCC(OC)CC2)nn2ccc(-c3ccc4ncccc4n3)c12. The van der Waals surface area contributed by atoms with Crippen molar-refractivity contribution in [1.29, 1.82) is 0 Å². The summed E-state index contributed by atoms with van der Waals surface area (Å²) in [5.41, 5.74) is 4.51. The summed E-state index contributed by atoms with van der Waals surface area (Å²) in [6.45, 7) is 0. The van der Waals surface area contributed by atoms with Gasteiger partial charge in [-0.05, 0) is 56.0 Å². The zero-order valence-electron chi connectivity index (χ0n) is 17.2. The Labute approximate surface area is 174 Å². The quantitative estimate of drug-likeness (QED) is 0.524. The van der Waals surface area contributed by atoms with Crippen LogP contribution in [0.3, 0.4) is 0 Å². The van der Waals surface area contributed by atoms with Gasteiger partial charge < -0.3 is 15.4 Å². The van der Waals surface area contributed by atoms with Gasteiger partial charge in [0.2, 0.25) is 5.95 Å². The van der Waals surface area contributed by atoms with E-state index in [2.05, 4.69) is 15.6 Å². The number of nitrogens with zero attached hydrogens (tertiary/aromatic N) is 5. The lowest BCUT2D eigenvalue weighted by Gasteiger charge is -2.28. The van der Waals surface area contributed by atoms with Crippen LogP contribution in [0.5, 0.6) is 0 Å². The number of aromatic nitrogens is 5. The van der Waals surface area contributed by atoms with Gasteiger partial charge in [0, 0.05) is 38.2 Å². The lowest BCUT2D eigenvalue weighted by atomic mass is 9.93. The lowest BCUT2D eigenvalue weighted by molar-refractivity contribution is 0.0681. The minimum absolute atomic E-state index is 0.364. The second-order valence-electron chi connectivity index (χ2n) is 7.65. The summed E-state index contributed by atoms with van der Waals surface area (Å²) < 4.78 is 7.34. The third-order valence-electron chi connectivity index (χ3n) is 5.82. The maximum Gasteiger partial charge on any atom is 0.243 e. The van der Waals surface area contributed by atoms with E-state index in [-0.39, 0.29) is 0 Å². The van der Waals surface area contributed by atoms with Crippen molar-refractivity contribution in [3.63, 3.8) is 0 Å². The normalized spacial score (nSPS) is 19.3. The molecular formula is C22H25N7O. The molecule has 0 spiro atoms. The average Bonchev–Trinajstić information content (AvgIpc) is 3.23. The Balaban J connectivity index is 1.48. The van der Waals surface area contributed by atoms with Gasteiger partial charge in [0.25, 0.3) is 0 Å². The molecule has 0 unspecified atom stereocenters.